The van der Waals surface area contributed by atoms with Crippen molar-refractivity contribution in [2.75, 3.05) is 0 Å². The van der Waals surface area contributed by atoms with Gasteiger partial charge in [-0.1, -0.05) is 4.13 Å². The van der Waals surface area contributed by atoms with Crippen LogP contribution < -0.4 is 4.13 Å². The number of rotatable bonds is 4. The largest absolute Gasteiger partial charge is 0.512 e. The first-order valence-corrected chi connectivity index (χ1v) is 9.22. The minimum atomic E-state index is -6.60. The van der Waals surface area contributed by atoms with Gasteiger partial charge in [-0.3, -0.25) is 4.79 Å². The summed E-state index contributed by atoms with van der Waals surface area (Å²) in [5.74, 6) is -2.22. The molecule has 2 bridgehead atoms. The number of carbonyl (C=O) groups is 1. The second-order valence-corrected chi connectivity index (χ2v) is 8.88. The highest BCUT2D eigenvalue weighted by atomic mass is 32.3. The van der Waals surface area contributed by atoms with Crippen molar-refractivity contribution in [1.29, 1.82) is 0 Å². The Labute approximate surface area is 127 Å². The van der Waals surface area contributed by atoms with Crippen molar-refractivity contribution in [1.82, 2.24) is 9.03 Å². The molecular formula is C9H11F5N2O5S2. The fraction of sp³-hybridized carbons (Fsp3) is 0.889. The average molecular weight is 386 g/mol. The highest BCUT2D eigenvalue weighted by Crippen LogP contribution is 2.40. The summed E-state index contributed by atoms with van der Waals surface area (Å²) in [7, 11) is -13.0. The van der Waals surface area contributed by atoms with Gasteiger partial charge in [-0.2, -0.15) is 22.0 Å². The quantitative estimate of drug-likeness (QED) is 0.710. The van der Waals surface area contributed by atoms with Crippen LogP contribution in [0.4, 0.5) is 22.0 Å². The lowest BCUT2D eigenvalue weighted by Crippen LogP contribution is -2.55. The molecule has 0 aromatic heterocycles. The summed E-state index contributed by atoms with van der Waals surface area (Å²) in [6, 6.07) is -1.24. The third-order valence-electron chi connectivity index (χ3n) is 3.80. The van der Waals surface area contributed by atoms with Crippen LogP contribution in [0.25, 0.3) is 0 Å². The van der Waals surface area contributed by atoms with Gasteiger partial charge in [0, 0.05) is 12.1 Å². The van der Waals surface area contributed by atoms with E-state index in [1.165, 1.54) is 0 Å². The second kappa shape index (κ2) is 5.24. The van der Waals surface area contributed by atoms with E-state index in [0.29, 0.717) is 30.6 Å². The number of hydrogen-bond acceptors (Lipinski definition) is 5. The Balaban J connectivity index is 2.29. The van der Waals surface area contributed by atoms with Gasteiger partial charge >= 0.3 is 36.7 Å². The zero-order valence-electron chi connectivity index (χ0n) is 11.2. The van der Waals surface area contributed by atoms with Gasteiger partial charge in [0.2, 0.25) is 0 Å². The molecular weight excluding hydrogens is 375 g/mol. The molecule has 23 heavy (non-hydrogen) atoms. The monoisotopic (exact) mass is 386 g/mol. The molecule has 2 fully saturated rings. The lowest BCUT2D eigenvalue weighted by Gasteiger charge is -2.26. The molecule has 0 aliphatic carbocycles. The fourth-order valence-electron chi connectivity index (χ4n) is 2.75. The zero-order chi connectivity index (χ0) is 17.8. The van der Waals surface area contributed by atoms with E-state index in [2.05, 4.69) is 0 Å². The molecule has 0 radical (unpaired) electrons. The van der Waals surface area contributed by atoms with Crippen LogP contribution in [0, 0.1) is 0 Å². The highest BCUT2D eigenvalue weighted by molar-refractivity contribution is 8.05. The van der Waals surface area contributed by atoms with E-state index in [0.717, 1.165) is 0 Å². The first-order valence-electron chi connectivity index (χ1n) is 6.26. The van der Waals surface area contributed by atoms with Crippen molar-refractivity contribution in [2.45, 2.75) is 48.5 Å². The number of amides is 1. The molecule has 1 amide bonds. The fourth-order valence-corrected chi connectivity index (χ4v) is 5.04. The minimum absolute atomic E-state index is 0.111. The topological polar surface area (TPSA) is 101 Å². The smallest absolute Gasteiger partial charge is 0.330 e. The molecule has 0 spiro atoms. The summed E-state index contributed by atoms with van der Waals surface area (Å²) in [6.07, 6.45) is 1.50. The average Bonchev–Trinajstić information content (AvgIpc) is 2.94. The minimum Gasteiger partial charge on any atom is -0.330 e. The lowest BCUT2D eigenvalue weighted by atomic mass is 10.0. The van der Waals surface area contributed by atoms with E-state index in [1.54, 1.807) is 0 Å². The van der Waals surface area contributed by atoms with Crippen LogP contribution >= 0.6 is 0 Å². The predicted octanol–water partition coefficient (Wildman–Crippen LogP) is 0.502. The summed E-state index contributed by atoms with van der Waals surface area (Å²) >= 11 is 0. The van der Waals surface area contributed by atoms with Crippen molar-refractivity contribution < 1.29 is 43.6 Å². The first kappa shape index (κ1) is 18.3. The lowest BCUT2D eigenvalue weighted by molar-refractivity contribution is -0.148. The summed E-state index contributed by atoms with van der Waals surface area (Å²) < 4.78 is 108. The van der Waals surface area contributed by atoms with Crippen LogP contribution in [-0.4, -0.2) is 50.5 Å². The van der Waals surface area contributed by atoms with E-state index in [4.69, 9.17) is 0 Å². The Morgan fingerprint density at radius 2 is 1.26 bits per heavy atom. The molecule has 2 rings (SSSR count). The molecule has 2 saturated heterocycles. The number of carbonyl (C=O) groups excluding carboxylic acids is 1. The normalized spacial score (nSPS) is 25.9. The highest BCUT2D eigenvalue weighted by Gasteiger charge is 2.62. The maximum Gasteiger partial charge on any atom is 0.512 e. The maximum atomic E-state index is 13.9. The molecule has 0 saturated carbocycles. The van der Waals surface area contributed by atoms with Crippen LogP contribution in [0.15, 0.2) is 0 Å². The summed E-state index contributed by atoms with van der Waals surface area (Å²) in [5, 5.41) is -5.34. The number of fused-ring (bicyclic) bond motifs is 2. The SMILES string of the molecule is O=C(N1C2CCC1CC2)C(F)(F)S(=O)(=O)NS(=O)(=O)C(F)(F)F. The molecule has 2 heterocycles. The van der Waals surface area contributed by atoms with Gasteiger partial charge in [-0.05, 0) is 25.7 Å². The van der Waals surface area contributed by atoms with Crippen molar-refractivity contribution in [3.8, 4) is 0 Å². The van der Waals surface area contributed by atoms with Crippen molar-refractivity contribution >= 4 is 26.0 Å². The molecule has 14 heteroatoms. The third-order valence-corrected chi connectivity index (χ3v) is 7.01. The Morgan fingerprint density at radius 1 is 0.870 bits per heavy atom. The molecule has 1 N–H and O–H groups in total. The third kappa shape index (κ3) is 2.91. The van der Waals surface area contributed by atoms with Gasteiger partial charge in [0.05, 0.1) is 0 Å². The summed E-state index contributed by atoms with van der Waals surface area (Å²) in [6.45, 7) is 0. The van der Waals surface area contributed by atoms with E-state index < -0.39 is 48.8 Å². The number of hydrogen-bond donors (Lipinski definition) is 1. The van der Waals surface area contributed by atoms with E-state index >= 15 is 0 Å². The van der Waals surface area contributed by atoms with Gasteiger partial charge < -0.3 is 4.90 Å². The van der Waals surface area contributed by atoms with Gasteiger partial charge in [0.15, 0.2) is 0 Å². The number of nitrogens with one attached hydrogen (secondary N) is 1. The summed E-state index contributed by atoms with van der Waals surface area (Å²) in [5.41, 5.74) is -6.12. The Morgan fingerprint density at radius 3 is 1.61 bits per heavy atom. The zero-order valence-corrected chi connectivity index (χ0v) is 12.8. The second-order valence-electron chi connectivity index (χ2n) is 5.23. The van der Waals surface area contributed by atoms with E-state index in [9.17, 15) is 43.6 Å². The molecule has 2 aliphatic heterocycles. The van der Waals surface area contributed by atoms with Gasteiger partial charge in [-0.25, -0.2) is 16.8 Å². The first-order chi connectivity index (χ1) is 10.2. The van der Waals surface area contributed by atoms with Crippen LogP contribution in [0.2, 0.25) is 0 Å². The van der Waals surface area contributed by atoms with Crippen molar-refractivity contribution in [3.63, 3.8) is 0 Å². The molecule has 0 atom stereocenters. The Kier molecular flexibility index (Phi) is 4.17. The van der Waals surface area contributed by atoms with E-state index in [1.807, 2.05) is 0 Å². The number of alkyl halides is 5. The predicted molar refractivity (Wildman–Crippen MR) is 64.9 cm³/mol. The molecule has 0 aromatic rings. The van der Waals surface area contributed by atoms with Crippen LogP contribution in [0.3, 0.4) is 0 Å². The number of halogens is 5. The van der Waals surface area contributed by atoms with Gasteiger partial charge in [0.1, 0.15) is 0 Å². The van der Waals surface area contributed by atoms with Crippen LogP contribution in [-0.2, 0) is 24.8 Å². The summed E-state index contributed by atoms with van der Waals surface area (Å²) in [4.78, 5) is 12.4. The molecule has 7 nitrogen and oxygen atoms in total. The van der Waals surface area contributed by atoms with Crippen molar-refractivity contribution in [3.05, 3.63) is 0 Å². The molecule has 2 aliphatic rings. The Hall–Kier alpha value is -1.02. The standard InChI is InChI=1S/C9H11F5N2O5S2/c10-8(11,7(17)16-5-1-2-6(16)4-3-5)22(18,19)15-23(20,21)9(12,13)14/h5-6,15H,1-4H2. The molecule has 0 aromatic carbocycles. The molecule has 134 valence electrons. The molecule has 0 unspecified atom stereocenters. The number of sulfonamides is 2. The van der Waals surface area contributed by atoms with Gasteiger partial charge in [0.25, 0.3) is 0 Å². The maximum absolute atomic E-state index is 13.9. The van der Waals surface area contributed by atoms with Gasteiger partial charge in [-0.15, -0.1) is 0 Å². The van der Waals surface area contributed by atoms with E-state index in [-0.39, 0.29) is 4.13 Å². The van der Waals surface area contributed by atoms with Crippen molar-refractivity contribution in [2.24, 2.45) is 0 Å². The van der Waals surface area contributed by atoms with Crippen LogP contribution in [0.5, 0.6) is 0 Å². The number of nitrogens with zero attached hydrogens (tertiary/aromatic N) is 1. The van der Waals surface area contributed by atoms with Crippen LogP contribution in [0.1, 0.15) is 25.7 Å². The Bertz CT molecular complexity index is 697.